The van der Waals surface area contributed by atoms with Crippen LogP contribution in [-0.4, -0.2) is 11.6 Å². The van der Waals surface area contributed by atoms with Crippen LogP contribution in [0.4, 0.5) is 0 Å². The van der Waals surface area contributed by atoms with E-state index in [0.717, 1.165) is 0 Å². The zero-order chi connectivity index (χ0) is 7.72. The summed E-state index contributed by atoms with van der Waals surface area (Å²) in [6, 6.07) is 0. The largest absolute Gasteiger partial charge is 0.290 e. The van der Waals surface area contributed by atoms with E-state index in [-0.39, 0.29) is 21.4 Å². The van der Waals surface area contributed by atoms with E-state index in [2.05, 4.69) is 25.3 Å². The van der Waals surface area contributed by atoms with Gasteiger partial charge < -0.3 is 0 Å². The number of Topliss-reactive ketones (excluding diaryl/α,β-unsaturated/α-hetero) is 1. The molecular formula is C6H4O2S2. The Bertz CT molecular complexity index is 239. The number of carbonyl (C=O) groups is 2. The van der Waals surface area contributed by atoms with Crippen LogP contribution in [0.1, 0.15) is 0 Å². The maximum absolute atomic E-state index is 10.8. The summed E-state index contributed by atoms with van der Waals surface area (Å²) < 4.78 is 0. The van der Waals surface area contributed by atoms with E-state index in [1.165, 1.54) is 12.2 Å². The number of ketones is 2. The Balaban J connectivity index is 3.05. The summed E-state index contributed by atoms with van der Waals surface area (Å²) >= 11 is 7.55. The SMILES string of the molecule is O=C1C=C(S)C(=O)C(S)=C1. The summed E-state index contributed by atoms with van der Waals surface area (Å²) in [5, 5.41) is 0. The predicted molar refractivity (Wildman–Crippen MR) is 44.2 cm³/mol. The van der Waals surface area contributed by atoms with Crippen LogP contribution in [0.15, 0.2) is 22.0 Å². The highest BCUT2D eigenvalue weighted by Crippen LogP contribution is 2.17. The van der Waals surface area contributed by atoms with Gasteiger partial charge in [0.1, 0.15) is 0 Å². The van der Waals surface area contributed by atoms with Crippen molar-refractivity contribution in [3.05, 3.63) is 22.0 Å². The lowest BCUT2D eigenvalue weighted by molar-refractivity contribution is -0.114. The van der Waals surface area contributed by atoms with Crippen LogP contribution in [0.5, 0.6) is 0 Å². The highest BCUT2D eigenvalue weighted by Gasteiger charge is 2.15. The van der Waals surface area contributed by atoms with Gasteiger partial charge in [-0.1, -0.05) is 0 Å². The number of thiol groups is 2. The molecule has 52 valence electrons. The van der Waals surface area contributed by atoms with Crippen molar-refractivity contribution in [3.8, 4) is 0 Å². The predicted octanol–water partition coefficient (Wildman–Crippen LogP) is 0.766. The van der Waals surface area contributed by atoms with Crippen molar-refractivity contribution in [1.82, 2.24) is 0 Å². The minimum absolute atomic E-state index is 0.150. The summed E-state index contributed by atoms with van der Waals surface area (Å²) in [7, 11) is 0. The standard InChI is InChI=1S/C6H4O2S2/c7-3-1-4(9)6(8)5(10)2-3/h1-2,9-10H. The monoisotopic (exact) mass is 172 g/mol. The molecule has 0 atom stereocenters. The molecule has 0 fully saturated rings. The maximum atomic E-state index is 10.8. The molecule has 0 saturated heterocycles. The molecule has 0 aromatic heterocycles. The highest BCUT2D eigenvalue weighted by atomic mass is 32.1. The van der Waals surface area contributed by atoms with Crippen LogP contribution >= 0.6 is 25.3 Å². The van der Waals surface area contributed by atoms with E-state index >= 15 is 0 Å². The van der Waals surface area contributed by atoms with Crippen molar-refractivity contribution in [2.45, 2.75) is 0 Å². The van der Waals surface area contributed by atoms with Crippen molar-refractivity contribution < 1.29 is 9.59 Å². The van der Waals surface area contributed by atoms with Crippen LogP contribution in [0, 0.1) is 0 Å². The third-order valence-corrected chi connectivity index (χ3v) is 1.69. The Kier molecular flexibility index (Phi) is 2.01. The molecule has 0 unspecified atom stereocenters. The Labute approximate surface area is 68.8 Å². The number of carbonyl (C=O) groups excluding carboxylic acids is 2. The van der Waals surface area contributed by atoms with Gasteiger partial charge in [0.05, 0.1) is 9.81 Å². The Hall–Kier alpha value is -0.480. The van der Waals surface area contributed by atoms with Gasteiger partial charge in [-0.25, -0.2) is 0 Å². The topological polar surface area (TPSA) is 34.1 Å². The molecular weight excluding hydrogens is 168 g/mol. The third-order valence-electron chi connectivity index (χ3n) is 1.02. The van der Waals surface area contributed by atoms with Gasteiger partial charge in [-0.3, -0.25) is 9.59 Å². The molecule has 0 heterocycles. The van der Waals surface area contributed by atoms with Crippen LogP contribution in [-0.2, 0) is 9.59 Å². The lowest BCUT2D eigenvalue weighted by Crippen LogP contribution is -2.07. The van der Waals surface area contributed by atoms with Gasteiger partial charge in [0.25, 0.3) is 0 Å². The van der Waals surface area contributed by atoms with Crippen molar-refractivity contribution in [2.75, 3.05) is 0 Å². The van der Waals surface area contributed by atoms with Crippen LogP contribution < -0.4 is 0 Å². The lowest BCUT2D eigenvalue weighted by atomic mass is 10.2. The third kappa shape index (κ3) is 1.33. The smallest absolute Gasteiger partial charge is 0.205 e. The van der Waals surface area contributed by atoms with Crippen molar-refractivity contribution in [1.29, 1.82) is 0 Å². The van der Waals surface area contributed by atoms with Gasteiger partial charge in [0, 0.05) is 12.2 Å². The minimum Gasteiger partial charge on any atom is -0.290 e. The molecule has 0 spiro atoms. The first-order chi connectivity index (χ1) is 4.61. The van der Waals surface area contributed by atoms with Crippen molar-refractivity contribution in [3.63, 3.8) is 0 Å². The molecule has 1 aliphatic carbocycles. The zero-order valence-electron chi connectivity index (χ0n) is 4.87. The molecule has 0 aromatic carbocycles. The van der Waals surface area contributed by atoms with Gasteiger partial charge in [0.2, 0.25) is 5.78 Å². The Morgan fingerprint density at radius 1 is 1.00 bits per heavy atom. The van der Waals surface area contributed by atoms with Crippen molar-refractivity contribution >= 4 is 36.8 Å². The number of rotatable bonds is 0. The summed E-state index contributed by atoms with van der Waals surface area (Å²) in [5.41, 5.74) is 0. The van der Waals surface area contributed by atoms with E-state index in [0.29, 0.717) is 0 Å². The molecule has 0 saturated carbocycles. The molecule has 10 heavy (non-hydrogen) atoms. The fraction of sp³-hybridized carbons (Fsp3) is 0. The Morgan fingerprint density at radius 3 is 1.80 bits per heavy atom. The Morgan fingerprint density at radius 2 is 1.40 bits per heavy atom. The summed E-state index contributed by atoms with van der Waals surface area (Å²) in [5.74, 6) is -0.541. The lowest BCUT2D eigenvalue weighted by Gasteiger charge is -2.02. The van der Waals surface area contributed by atoms with Crippen LogP contribution in [0.3, 0.4) is 0 Å². The van der Waals surface area contributed by atoms with E-state index in [4.69, 9.17) is 0 Å². The zero-order valence-corrected chi connectivity index (χ0v) is 6.65. The molecule has 0 aromatic rings. The second-order valence-corrected chi connectivity index (χ2v) is 2.75. The highest BCUT2D eigenvalue weighted by molar-refractivity contribution is 7.88. The number of allylic oxidation sites excluding steroid dienone is 4. The van der Waals surface area contributed by atoms with Gasteiger partial charge in [-0.05, 0) is 0 Å². The maximum Gasteiger partial charge on any atom is 0.205 e. The molecule has 0 amide bonds. The molecule has 0 N–H and O–H groups in total. The first-order valence-electron chi connectivity index (χ1n) is 2.51. The minimum atomic E-state index is -0.300. The van der Waals surface area contributed by atoms with E-state index in [9.17, 15) is 9.59 Å². The molecule has 0 aliphatic heterocycles. The van der Waals surface area contributed by atoms with Crippen LogP contribution in [0.2, 0.25) is 0 Å². The first kappa shape index (κ1) is 7.63. The summed E-state index contributed by atoms with van der Waals surface area (Å²) in [4.78, 5) is 21.8. The fourth-order valence-corrected chi connectivity index (χ4v) is 1.16. The quantitative estimate of drug-likeness (QED) is 0.418. The molecule has 1 aliphatic rings. The van der Waals surface area contributed by atoms with E-state index in [1.54, 1.807) is 0 Å². The second kappa shape index (κ2) is 2.64. The van der Waals surface area contributed by atoms with Crippen molar-refractivity contribution in [2.24, 2.45) is 0 Å². The molecule has 0 bridgehead atoms. The number of hydrogen-bond donors (Lipinski definition) is 2. The fourth-order valence-electron chi connectivity index (χ4n) is 0.573. The average molecular weight is 172 g/mol. The van der Waals surface area contributed by atoms with E-state index < -0.39 is 0 Å². The first-order valence-corrected chi connectivity index (χ1v) is 3.40. The average Bonchev–Trinajstić information content (AvgIpc) is 1.82. The van der Waals surface area contributed by atoms with Crippen LogP contribution in [0.25, 0.3) is 0 Å². The molecule has 2 nitrogen and oxygen atoms in total. The van der Waals surface area contributed by atoms with Gasteiger partial charge in [0.15, 0.2) is 5.78 Å². The van der Waals surface area contributed by atoms with Gasteiger partial charge in [-0.2, -0.15) is 0 Å². The van der Waals surface area contributed by atoms with E-state index in [1.807, 2.05) is 0 Å². The molecule has 4 heteroatoms. The van der Waals surface area contributed by atoms with Gasteiger partial charge in [-0.15, -0.1) is 25.3 Å². The second-order valence-electron chi connectivity index (χ2n) is 1.79. The molecule has 0 radical (unpaired) electrons. The molecule has 1 rings (SSSR count). The summed E-state index contributed by atoms with van der Waals surface area (Å²) in [6.07, 6.45) is 2.34. The normalized spacial score (nSPS) is 18.6. The van der Waals surface area contributed by atoms with Gasteiger partial charge >= 0.3 is 0 Å². The summed E-state index contributed by atoms with van der Waals surface area (Å²) in [6.45, 7) is 0. The number of hydrogen-bond acceptors (Lipinski definition) is 4.